The predicted molar refractivity (Wildman–Crippen MR) is 64.3 cm³/mol. The number of hydrogen-bond donors (Lipinski definition) is 2. The van der Waals surface area contributed by atoms with Crippen molar-refractivity contribution in [1.29, 1.82) is 0 Å². The van der Waals surface area contributed by atoms with Gasteiger partial charge in [-0.05, 0) is 19.4 Å². The maximum atomic E-state index is 5.50. The van der Waals surface area contributed by atoms with E-state index in [1.165, 1.54) is 0 Å². The number of hydrogen-bond acceptors (Lipinski definition) is 5. The van der Waals surface area contributed by atoms with Gasteiger partial charge in [-0.1, -0.05) is 32.3 Å². The predicted octanol–water partition coefficient (Wildman–Crippen LogP) is 2.20. The number of anilines is 1. The molecule has 92 valence electrons. The summed E-state index contributed by atoms with van der Waals surface area (Å²) in [6.45, 7) is 10.2. The van der Waals surface area contributed by atoms with Crippen LogP contribution in [0, 0.1) is 5.92 Å². The third-order valence-electron chi connectivity index (χ3n) is 2.62. The SMILES string of the molecule is CCNC(C)c1nnc(NCC(C)CC)o1. The van der Waals surface area contributed by atoms with Crippen LogP contribution in [0.25, 0.3) is 0 Å². The van der Waals surface area contributed by atoms with E-state index in [0.29, 0.717) is 17.8 Å². The number of nitrogens with one attached hydrogen (secondary N) is 2. The molecule has 2 N–H and O–H groups in total. The Hall–Kier alpha value is -1.10. The van der Waals surface area contributed by atoms with Crippen LogP contribution >= 0.6 is 0 Å². The molecule has 0 radical (unpaired) electrons. The van der Waals surface area contributed by atoms with Gasteiger partial charge in [0.05, 0.1) is 6.04 Å². The molecule has 0 saturated carbocycles. The van der Waals surface area contributed by atoms with E-state index < -0.39 is 0 Å². The molecule has 5 nitrogen and oxygen atoms in total. The maximum absolute atomic E-state index is 5.50. The first-order valence-electron chi connectivity index (χ1n) is 5.98. The quantitative estimate of drug-likeness (QED) is 0.746. The van der Waals surface area contributed by atoms with Gasteiger partial charge in [-0.25, -0.2) is 0 Å². The zero-order valence-electron chi connectivity index (χ0n) is 10.6. The first-order chi connectivity index (χ1) is 7.67. The maximum Gasteiger partial charge on any atom is 0.315 e. The van der Waals surface area contributed by atoms with Gasteiger partial charge < -0.3 is 15.1 Å². The molecule has 0 spiro atoms. The molecule has 16 heavy (non-hydrogen) atoms. The standard InChI is InChI=1S/C11H22N4O/c1-5-8(3)7-13-11-15-14-10(16-11)9(4)12-6-2/h8-9,12H,5-7H2,1-4H3,(H,13,15). The summed E-state index contributed by atoms with van der Waals surface area (Å²) in [5, 5.41) is 14.3. The van der Waals surface area contributed by atoms with Crippen molar-refractivity contribution < 1.29 is 4.42 Å². The van der Waals surface area contributed by atoms with Crippen LogP contribution in [0.2, 0.25) is 0 Å². The Bertz CT molecular complexity index is 300. The van der Waals surface area contributed by atoms with E-state index in [9.17, 15) is 0 Å². The molecule has 0 bridgehead atoms. The van der Waals surface area contributed by atoms with Gasteiger partial charge in [0.1, 0.15) is 0 Å². The molecule has 1 rings (SSSR count). The summed E-state index contributed by atoms with van der Waals surface area (Å²) in [5.41, 5.74) is 0. The number of rotatable bonds is 7. The normalized spacial score (nSPS) is 14.8. The lowest BCUT2D eigenvalue weighted by molar-refractivity contribution is 0.426. The van der Waals surface area contributed by atoms with Crippen molar-refractivity contribution >= 4 is 6.01 Å². The van der Waals surface area contributed by atoms with Crippen LogP contribution in [-0.2, 0) is 0 Å². The van der Waals surface area contributed by atoms with Crippen molar-refractivity contribution in [2.24, 2.45) is 5.92 Å². The first-order valence-corrected chi connectivity index (χ1v) is 5.98. The molecule has 0 fully saturated rings. The fraction of sp³-hybridized carbons (Fsp3) is 0.818. The molecular weight excluding hydrogens is 204 g/mol. The molecule has 0 aliphatic heterocycles. The van der Waals surface area contributed by atoms with Gasteiger partial charge in [0.2, 0.25) is 5.89 Å². The third-order valence-corrected chi connectivity index (χ3v) is 2.62. The van der Waals surface area contributed by atoms with Crippen LogP contribution < -0.4 is 10.6 Å². The Kier molecular flexibility index (Phi) is 5.25. The highest BCUT2D eigenvalue weighted by Gasteiger charge is 2.12. The average molecular weight is 226 g/mol. The third kappa shape index (κ3) is 3.81. The molecule has 1 aromatic heterocycles. The van der Waals surface area contributed by atoms with E-state index >= 15 is 0 Å². The molecule has 0 aliphatic rings. The van der Waals surface area contributed by atoms with Gasteiger partial charge in [0, 0.05) is 6.54 Å². The zero-order chi connectivity index (χ0) is 12.0. The minimum atomic E-state index is 0.108. The van der Waals surface area contributed by atoms with Crippen LogP contribution in [0.15, 0.2) is 4.42 Å². The molecular formula is C11H22N4O. The van der Waals surface area contributed by atoms with Crippen LogP contribution in [0.5, 0.6) is 0 Å². The van der Waals surface area contributed by atoms with Crippen molar-refractivity contribution in [2.45, 2.75) is 40.2 Å². The largest absolute Gasteiger partial charge is 0.406 e. The Balaban J connectivity index is 2.45. The molecule has 0 aromatic carbocycles. The molecule has 2 unspecified atom stereocenters. The molecule has 0 aliphatic carbocycles. The number of nitrogens with zero attached hydrogens (tertiary/aromatic N) is 2. The van der Waals surface area contributed by atoms with Gasteiger partial charge in [-0.3, -0.25) is 0 Å². The molecule has 2 atom stereocenters. The fourth-order valence-corrected chi connectivity index (χ4v) is 1.28. The van der Waals surface area contributed by atoms with E-state index in [2.05, 4.69) is 41.6 Å². The number of aromatic nitrogens is 2. The van der Waals surface area contributed by atoms with E-state index in [0.717, 1.165) is 19.5 Å². The van der Waals surface area contributed by atoms with Crippen molar-refractivity contribution in [3.05, 3.63) is 5.89 Å². The van der Waals surface area contributed by atoms with Crippen LogP contribution in [0.3, 0.4) is 0 Å². The van der Waals surface area contributed by atoms with Crippen molar-refractivity contribution in [2.75, 3.05) is 18.4 Å². The van der Waals surface area contributed by atoms with Crippen LogP contribution in [0.1, 0.15) is 46.0 Å². The molecule has 1 aromatic rings. The summed E-state index contributed by atoms with van der Waals surface area (Å²) in [4.78, 5) is 0. The van der Waals surface area contributed by atoms with Gasteiger partial charge in [-0.15, -0.1) is 5.10 Å². The summed E-state index contributed by atoms with van der Waals surface area (Å²) in [6, 6.07) is 0.622. The topological polar surface area (TPSA) is 63.0 Å². The van der Waals surface area contributed by atoms with E-state index in [1.807, 2.05) is 6.92 Å². The minimum absolute atomic E-state index is 0.108. The van der Waals surface area contributed by atoms with Crippen molar-refractivity contribution in [3.8, 4) is 0 Å². The summed E-state index contributed by atoms with van der Waals surface area (Å²) >= 11 is 0. The van der Waals surface area contributed by atoms with Gasteiger partial charge >= 0.3 is 6.01 Å². The van der Waals surface area contributed by atoms with Gasteiger partial charge in [0.15, 0.2) is 0 Å². The van der Waals surface area contributed by atoms with E-state index in [4.69, 9.17) is 4.42 Å². The highest BCUT2D eigenvalue weighted by Crippen LogP contribution is 2.13. The summed E-state index contributed by atoms with van der Waals surface area (Å²) in [6.07, 6.45) is 1.14. The Labute approximate surface area is 97.0 Å². The Morgan fingerprint density at radius 2 is 2.00 bits per heavy atom. The van der Waals surface area contributed by atoms with Crippen molar-refractivity contribution in [3.63, 3.8) is 0 Å². The highest BCUT2D eigenvalue weighted by molar-refractivity contribution is 5.17. The average Bonchev–Trinajstić information content (AvgIpc) is 2.75. The molecule has 0 saturated heterocycles. The zero-order valence-corrected chi connectivity index (χ0v) is 10.6. The Morgan fingerprint density at radius 1 is 1.25 bits per heavy atom. The monoisotopic (exact) mass is 226 g/mol. The van der Waals surface area contributed by atoms with Crippen molar-refractivity contribution in [1.82, 2.24) is 15.5 Å². The molecule has 1 heterocycles. The molecule has 0 amide bonds. The fourth-order valence-electron chi connectivity index (χ4n) is 1.28. The Morgan fingerprint density at radius 3 is 2.62 bits per heavy atom. The summed E-state index contributed by atoms with van der Waals surface area (Å²) in [5.74, 6) is 1.25. The second-order valence-electron chi connectivity index (χ2n) is 4.12. The lowest BCUT2D eigenvalue weighted by Gasteiger charge is -2.08. The van der Waals surface area contributed by atoms with Crippen LogP contribution in [0.4, 0.5) is 6.01 Å². The van der Waals surface area contributed by atoms with Gasteiger partial charge in [-0.2, -0.15) is 0 Å². The van der Waals surface area contributed by atoms with E-state index in [1.54, 1.807) is 0 Å². The minimum Gasteiger partial charge on any atom is -0.406 e. The molecule has 5 heteroatoms. The van der Waals surface area contributed by atoms with Crippen LogP contribution in [-0.4, -0.2) is 23.3 Å². The second kappa shape index (κ2) is 6.48. The first kappa shape index (κ1) is 13.0. The summed E-state index contributed by atoms with van der Waals surface area (Å²) < 4.78 is 5.50. The van der Waals surface area contributed by atoms with Gasteiger partial charge in [0.25, 0.3) is 0 Å². The smallest absolute Gasteiger partial charge is 0.315 e. The lowest BCUT2D eigenvalue weighted by atomic mass is 10.1. The lowest BCUT2D eigenvalue weighted by Crippen LogP contribution is -2.17. The summed E-state index contributed by atoms with van der Waals surface area (Å²) in [7, 11) is 0. The second-order valence-corrected chi connectivity index (χ2v) is 4.12. The van der Waals surface area contributed by atoms with E-state index in [-0.39, 0.29) is 6.04 Å². The highest BCUT2D eigenvalue weighted by atomic mass is 16.4.